The van der Waals surface area contributed by atoms with Crippen LogP contribution in [0.1, 0.15) is 35.6 Å². The van der Waals surface area contributed by atoms with Crippen LogP contribution in [0.5, 0.6) is 0 Å². The largest absolute Gasteiger partial charge is 0.451 e. The van der Waals surface area contributed by atoms with E-state index >= 15 is 0 Å². The van der Waals surface area contributed by atoms with Gasteiger partial charge < -0.3 is 16.0 Å². The molecule has 1 unspecified atom stereocenters. The van der Waals surface area contributed by atoms with E-state index in [9.17, 15) is 27.2 Å². The van der Waals surface area contributed by atoms with Crippen molar-refractivity contribution in [1.82, 2.24) is 15.0 Å². The Bertz CT molecular complexity index is 1350. The van der Waals surface area contributed by atoms with E-state index in [1.54, 1.807) is 0 Å². The number of aromatic amines is 1. The van der Waals surface area contributed by atoms with Crippen molar-refractivity contribution in [2.24, 2.45) is 10.8 Å². The second-order valence-corrected chi connectivity index (χ2v) is 7.15. The average molecular weight is 489 g/mol. The molecule has 0 aliphatic rings. The molecule has 0 saturated carbocycles. The number of hydrogen-bond donors (Lipinski definition) is 5. The third-order valence-corrected chi connectivity index (χ3v) is 4.92. The van der Waals surface area contributed by atoms with Gasteiger partial charge in [-0.25, -0.2) is 24.3 Å². The number of allylic oxidation sites excluding steroid dienone is 1. The fourth-order valence-corrected chi connectivity index (χ4v) is 3.21. The molecular formula is C21H16F5N9. The van der Waals surface area contributed by atoms with E-state index in [2.05, 4.69) is 25.4 Å². The van der Waals surface area contributed by atoms with Crippen LogP contribution in [0.25, 0.3) is 11.1 Å². The van der Waals surface area contributed by atoms with Crippen molar-refractivity contribution in [2.75, 3.05) is 5.32 Å². The number of benzene rings is 1. The average Bonchev–Trinajstić information content (AvgIpc) is 3.20. The monoisotopic (exact) mass is 489 g/mol. The Kier molecular flexibility index (Phi) is 6.90. The second kappa shape index (κ2) is 9.67. The van der Waals surface area contributed by atoms with E-state index in [0.717, 1.165) is 24.5 Å². The molecule has 2 aromatic heterocycles. The molecule has 0 spiro atoms. The molecule has 2 heterocycles. The molecule has 0 fully saturated rings. The Morgan fingerprint density at radius 2 is 1.94 bits per heavy atom. The third-order valence-electron chi connectivity index (χ3n) is 4.92. The Balaban J connectivity index is 2.06. The highest BCUT2D eigenvalue weighted by Gasteiger charge is 2.35. The lowest BCUT2D eigenvalue weighted by atomic mass is 9.96. The first-order valence-corrected chi connectivity index (χ1v) is 9.67. The first-order chi connectivity index (χ1) is 16.5. The van der Waals surface area contributed by atoms with E-state index in [1.165, 1.54) is 13.1 Å². The molecule has 0 radical (unpaired) electrons. The van der Waals surface area contributed by atoms with Crippen LogP contribution in [0, 0.1) is 33.9 Å². The molecule has 180 valence electrons. The maximum atomic E-state index is 13.9. The van der Waals surface area contributed by atoms with Crippen molar-refractivity contribution in [2.45, 2.75) is 19.0 Å². The first kappa shape index (κ1) is 25.0. The van der Waals surface area contributed by atoms with Gasteiger partial charge in [0.15, 0.2) is 0 Å². The molecule has 3 aromatic rings. The normalized spacial score (nSPS) is 12.7. The Morgan fingerprint density at radius 3 is 2.46 bits per heavy atom. The smallest absolute Gasteiger partial charge is 0.382 e. The number of alkyl halides is 3. The number of H-pyrrole nitrogens is 1. The number of anilines is 1. The molecular weight excluding hydrogens is 473 g/mol. The number of rotatable bonds is 7. The van der Waals surface area contributed by atoms with Gasteiger partial charge >= 0.3 is 6.18 Å². The molecule has 0 saturated heterocycles. The molecule has 3 rings (SSSR count). The van der Waals surface area contributed by atoms with Gasteiger partial charge in [-0.05, 0) is 12.1 Å². The molecule has 14 heteroatoms. The summed E-state index contributed by atoms with van der Waals surface area (Å²) in [4.78, 5) is 9.35. The SMILES string of the molecule is CC(/C(=C/Nc1ccc(F)cc1F)N=N)c1[nH]c(C(=N)N)c(-c2cnc(C(F)(F)F)nc2)c1C#N. The van der Waals surface area contributed by atoms with E-state index in [-0.39, 0.29) is 39.5 Å². The number of nitriles is 1. The molecule has 9 nitrogen and oxygen atoms in total. The second-order valence-electron chi connectivity index (χ2n) is 7.15. The topological polar surface area (TPSA) is 163 Å². The summed E-state index contributed by atoms with van der Waals surface area (Å²) in [5.74, 6) is -4.41. The highest BCUT2D eigenvalue weighted by atomic mass is 19.4. The molecule has 0 amide bonds. The third kappa shape index (κ3) is 5.13. The van der Waals surface area contributed by atoms with E-state index < -0.39 is 35.4 Å². The summed E-state index contributed by atoms with van der Waals surface area (Å²) in [6, 6.07) is 4.74. The van der Waals surface area contributed by atoms with Crippen LogP contribution in [0.15, 0.2) is 47.6 Å². The minimum Gasteiger partial charge on any atom is -0.382 e. The van der Waals surface area contributed by atoms with Crippen molar-refractivity contribution in [3.05, 3.63) is 76.9 Å². The highest BCUT2D eigenvalue weighted by Crippen LogP contribution is 2.36. The van der Waals surface area contributed by atoms with Crippen LogP contribution < -0.4 is 11.1 Å². The van der Waals surface area contributed by atoms with Gasteiger partial charge in [-0.2, -0.15) is 23.5 Å². The van der Waals surface area contributed by atoms with E-state index in [1.807, 2.05) is 6.07 Å². The molecule has 0 aliphatic carbocycles. The number of nitrogen functional groups attached to an aromatic ring is 1. The quantitative estimate of drug-likeness (QED) is 0.136. The number of nitrogens with zero attached hydrogens (tertiary/aromatic N) is 4. The number of amidine groups is 1. The summed E-state index contributed by atoms with van der Waals surface area (Å²) in [5.41, 5.74) is 13.0. The summed E-state index contributed by atoms with van der Waals surface area (Å²) in [6.07, 6.45) is -1.90. The number of nitrogens with two attached hydrogens (primary N) is 1. The van der Waals surface area contributed by atoms with E-state index in [4.69, 9.17) is 16.7 Å². The molecule has 1 aromatic carbocycles. The lowest BCUT2D eigenvalue weighted by Gasteiger charge is -2.12. The van der Waals surface area contributed by atoms with Crippen LogP contribution in [0.4, 0.5) is 27.6 Å². The zero-order valence-electron chi connectivity index (χ0n) is 17.8. The standard InChI is InChI=1S/C21H16F5N9/c1-9(15(35-30)8-31-14-3-2-11(22)4-13(14)23)17-12(5-27)16(18(34-17)19(28)29)10-6-32-20(33-7-10)21(24,25)26/h2-4,6-9,30-31,34H,1H3,(H3,28,29)/b15-8-,35-30?. The fraction of sp³-hybridized carbons (Fsp3) is 0.143. The summed E-state index contributed by atoms with van der Waals surface area (Å²) >= 11 is 0. The predicted octanol–water partition coefficient (Wildman–Crippen LogP) is 5.01. The van der Waals surface area contributed by atoms with Gasteiger partial charge in [-0.1, -0.05) is 6.92 Å². The number of nitrogens with one attached hydrogen (secondary N) is 4. The van der Waals surface area contributed by atoms with Crippen LogP contribution >= 0.6 is 0 Å². The van der Waals surface area contributed by atoms with Gasteiger partial charge in [0.2, 0.25) is 5.82 Å². The van der Waals surface area contributed by atoms with Crippen LogP contribution in [0.2, 0.25) is 0 Å². The molecule has 0 bridgehead atoms. The van der Waals surface area contributed by atoms with Crippen LogP contribution in [0.3, 0.4) is 0 Å². The predicted molar refractivity (Wildman–Crippen MR) is 114 cm³/mol. The van der Waals surface area contributed by atoms with Gasteiger partial charge in [0, 0.05) is 47.4 Å². The van der Waals surface area contributed by atoms with Gasteiger partial charge in [-0.15, -0.1) is 0 Å². The summed E-state index contributed by atoms with van der Waals surface area (Å²) < 4.78 is 65.5. The number of halogens is 5. The highest BCUT2D eigenvalue weighted by molar-refractivity contribution is 6.01. The van der Waals surface area contributed by atoms with Crippen molar-refractivity contribution in [1.29, 1.82) is 16.2 Å². The van der Waals surface area contributed by atoms with Crippen molar-refractivity contribution in [3.8, 4) is 17.2 Å². The molecule has 35 heavy (non-hydrogen) atoms. The summed E-state index contributed by atoms with van der Waals surface area (Å²) in [6.45, 7) is 1.54. The fourth-order valence-electron chi connectivity index (χ4n) is 3.21. The first-order valence-electron chi connectivity index (χ1n) is 9.67. The number of aromatic nitrogens is 3. The van der Waals surface area contributed by atoms with Gasteiger partial charge in [0.1, 0.15) is 23.5 Å². The Morgan fingerprint density at radius 1 is 1.29 bits per heavy atom. The lowest BCUT2D eigenvalue weighted by Crippen LogP contribution is -2.14. The van der Waals surface area contributed by atoms with Crippen molar-refractivity contribution < 1.29 is 22.0 Å². The van der Waals surface area contributed by atoms with Crippen LogP contribution in [-0.2, 0) is 6.18 Å². The van der Waals surface area contributed by atoms with Crippen molar-refractivity contribution in [3.63, 3.8) is 0 Å². The maximum Gasteiger partial charge on any atom is 0.451 e. The minimum atomic E-state index is -4.77. The minimum absolute atomic E-state index is 0.00237. The molecule has 1 atom stereocenters. The molecule has 6 N–H and O–H groups in total. The van der Waals surface area contributed by atoms with Gasteiger partial charge in [0.25, 0.3) is 0 Å². The van der Waals surface area contributed by atoms with Gasteiger partial charge in [-0.3, -0.25) is 5.41 Å². The Hall–Kier alpha value is -4.67. The van der Waals surface area contributed by atoms with E-state index in [0.29, 0.717) is 6.07 Å². The maximum absolute atomic E-state index is 13.9. The van der Waals surface area contributed by atoms with Crippen LogP contribution in [-0.4, -0.2) is 20.8 Å². The van der Waals surface area contributed by atoms with Gasteiger partial charge in [0.05, 0.1) is 22.6 Å². The summed E-state index contributed by atoms with van der Waals surface area (Å²) in [5, 5.41) is 23.6. The summed E-state index contributed by atoms with van der Waals surface area (Å²) in [7, 11) is 0. The lowest BCUT2D eigenvalue weighted by molar-refractivity contribution is -0.144. The number of hydrogen-bond acceptors (Lipinski definition) is 7. The van der Waals surface area contributed by atoms with Crippen molar-refractivity contribution >= 4 is 11.5 Å². The Labute approximate surface area is 194 Å². The molecule has 0 aliphatic heterocycles. The zero-order chi connectivity index (χ0) is 25.9. The zero-order valence-corrected chi connectivity index (χ0v) is 17.8.